The zero-order valence-electron chi connectivity index (χ0n) is 9.47. The lowest BCUT2D eigenvalue weighted by molar-refractivity contribution is 0.897. The van der Waals surface area contributed by atoms with Crippen LogP contribution in [0.2, 0.25) is 5.02 Å². The van der Waals surface area contributed by atoms with E-state index in [1.165, 1.54) is 24.0 Å². The molecule has 0 amide bonds. The Bertz CT molecular complexity index is 587. The van der Waals surface area contributed by atoms with Crippen LogP contribution in [0.5, 0.6) is 0 Å². The highest BCUT2D eigenvalue weighted by Crippen LogP contribution is 2.32. The first-order valence-electron chi connectivity index (χ1n) is 5.36. The summed E-state index contributed by atoms with van der Waals surface area (Å²) in [7, 11) is 0. The molecule has 1 unspecified atom stereocenters. The molecule has 18 heavy (non-hydrogen) atoms. The van der Waals surface area contributed by atoms with Gasteiger partial charge in [-0.15, -0.1) is 0 Å². The van der Waals surface area contributed by atoms with Crippen LogP contribution in [-0.4, -0.2) is 16.5 Å². The van der Waals surface area contributed by atoms with Gasteiger partial charge in [0, 0.05) is 29.1 Å². The molecule has 1 heterocycles. The second-order valence-corrected chi connectivity index (χ2v) is 5.26. The number of aromatic nitrogens is 2. The van der Waals surface area contributed by atoms with E-state index in [1.807, 2.05) is 24.3 Å². The van der Waals surface area contributed by atoms with Crippen molar-refractivity contribution >= 4 is 23.4 Å². The summed E-state index contributed by atoms with van der Waals surface area (Å²) in [6.45, 7) is 0.434. The number of rotatable bonds is 4. The Kier molecular flexibility index (Phi) is 4.41. The third-order valence-corrected chi connectivity index (χ3v) is 3.75. The van der Waals surface area contributed by atoms with Crippen molar-refractivity contribution in [2.75, 3.05) is 6.54 Å². The van der Waals surface area contributed by atoms with Gasteiger partial charge in [-0.2, -0.15) is 0 Å². The standard InChI is InChI=1S/C12H12ClN3OS/c13-9-3-1-2-8(6-9)10(7-14)18-12-15-5-4-11(17)16-12/h1-6,10H,7,14H2,(H,15,16,17). The number of hydrogen-bond acceptors (Lipinski definition) is 4. The highest BCUT2D eigenvalue weighted by molar-refractivity contribution is 7.99. The normalized spacial score (nSPS) is 12.3. The number of nitrogens with two attached hydrogens (primary N) is 1. The van der Waals surface area contributed by atoms with Crippen LogP contribution in [0.4, 0.5) is 0 Å². The number of nitrogens with zero attached hydrogens (tertiary/aromatic N) is 1. The van der Waals surface area contributed by atoms with E-state index in [4.69, 9.17) is 17.3 Å². The summed E-state index contributed by atoms with van der Waals surface area (Å²) in [4.78, 5) is 17.9. The molecule has 94 valence electrons. The van der Waals surface area contributed by atoms with Gasteiger partial charge in [0.2, 0.25) is 0 Å². The quantitative estimate of drug-likeness (QED) is 0.666. The Labute approximate surface area is 114 Å². The number of aromatic amines is 1. The Morgan fingerprint density at radius 1 is 1.44 bits per heavy atom. The molecule has 1 aromatic heterocycles. The largest absolute Gasteiger partial charge is 0.329 e. The molecular formula is C12H12ClN3OS. The third-order valence-electron chi connectivity index (χ3n) is 2.34. The van der Waals surface area contributed by atoms with Gasteiger partial charge in [-0.1, -0.05) is 35.5 Å². The molecule has 6 heteroatoms. The maximum atomic E-state index is 11.2. The number of nitrogens with one attached hydrogen (secondary N) is 1. The van der Waals surface area contributed by atoms with Crippen molar-refractivity contribution in [1.82, 2.24) is 9.97 Å². The molecule has 0 aliphatic heterocycles. The predicted molar refractivity (Wildman–Crippen MR) is 74.0 cm³/mol. The van der Waals surface area contributed by atoms with Crippen molar-refractivity contribution in [3.05, 3.63) is 57.5 Å². The van der Waals surface area contributed by atoms with Gasteiger partial charge in [-0.05, 0) is 17.7 Å². The van der Waals surface area contributed by atoms with Crippen molar-refractivity contribution in [2.45, 2.75) is 10.4 Å². The Morgan fingerprint density at radius 2 is 2.28 bits per heavy atom. The monoisotopic (exact) mass is 281 g/mol. The smallest absolute Gasteiger partial charge is 0.251 e. The minimum atomic E-state index is -0.172. The summed E-state index contributed by atoms with van der Waals surface area (Å²) < 4.78 is 0. The fourth-order valence-electron chi connectivity index (χ4n) is 1.51. The average molecular weight is 282 g/mol. The number of halogens is 1. The van der Waals surface area contributed by atoms with E-state index < -0.39 is 0 Å². The SMILES string of the molecule is NCC(Sc1nccc(=O)[nH]1)c1cccc(Cl)c1. The first kappa shape index (κ1) is 13.1. The lowest BCUT2D eigenvalue weighted by Crippen LogP contribution is -2.12. The molecule has 0 saturated heterocycles. The lowest BCUT2D eigenvalue weighted by Gasteiger charge is -2.14. The van der Waals surface area contributed by atoms with Crippen LogP contribution in [0.25, 0.3) is 0 Å². The number of thioether (sulfide) groups is 1. The Morgan fingerprint density at radius 3 is 2.94 bits per heavy atom. The van der Waals surface area contributed by atoms with Crippen molar-refractivity contribution in [1.29, 1.82) is 0 Å². The van der Waals surface area contributed by atoms with Crippen LogP contribution < -0.4 is 11.3 Å². The van der Waals surface area contributed by atoms with E-state index in [-0.39, 0.29) is 10.8 Å². The van der Waals surface area contributed by atoms with Crippen LogP contribution in [0, 0.1) is 0 Å². The molecule has 1 aromatic carbocycles. The van der Waals surface area contributed by atoms with Crippen molar-refractivity contribution in [3.63, 3.8) is 0 Å². The number of H-pyrrole nitrogens is 1. The number of hydrogen-bond donors (Lipinski definition) is 2. The second kappa shape index (κ2) is 6.04. The Balaban J connectivity index is 2.22. The zero-order valence-corrected chi connectivity index (χ0v) is 11.0. The molecule has 0 saturated carbocycles. The van der Waals surface area contributed by atoms with Gasteiger partial charge in [-0.3, -0.25) is 4.79 Å². The van der Waals surface area contributed by atoms with Gasteiger partial charge in [0.15, 0.2) is 5.16 Å². The molecule has 3 N–H and O–H groups in total. The fourth-order valence-corrected chi connectivity index (χ4v) is 2.63. The summed E-state index contributed by atoms with van der Waals surface area (Å²) in [5.74, 6) is 0. The summed E-state index contributed by atoms with van der Waals surface area (Å²) in [5, 5.41) is 1.23. The zero-order chi connectivity index (χ0) is 13.0. The second-order valence-electron chi connectivity index (χ2n) is 3.64. The first-order chi connectivity index (χ1) is 8.69. The van der Waals surface area contributed by atoms with Gasteiger partial charge in [0.1, 0.15) is 0 Å². The number of benzene rings is 1. The molecular weight excluding hydrogens is 270 g/mol. The topological polar surface area (TPSA) is 71.8 Å². The minimum Gasteiger partial charge on any atom is -0.329 e. The van der Waals surface area contributed by atoms with Crippen LogP contribution in [-0.2, 0) is 0 Å². The molecule has 0 fully saturated rings. The van der Waals surface area contributed by atoms with Gasteiger partial charge in [-0.25, -0.2) is 4.98 Å². The van der Waals surface area contributed by atoms with E-state index in [9.17, 15) is 4.79 Å². The average Bonchev–Trinajstić information content (AvgIpc) is 2.36. The molecule has 2 rings (SSSR count). The summed E-state index contributed by atoms with van der Waals surface area (Å²) in [6, 6.07) is 8.89. The van der Waals surface area contributed by atoms with Crippen LogP contribution in [0.3, 0.4) is 0 Å². The lowest BCUT2D eigenvalue weighted by atomic mass is 10.1. The minimum absolute atomic E-state index is 0.00856. The van der Waals surface area contributed by atoms with Gasteiger partial charge in [0.25, 0.3) is 5.56 Å². The fraction of sp³-hybridized carbons (Fsp3) is 0.167. The molecule has 2 aromatic rings. The van der Waals surface area contributed by atoms with Crippen LogP contribution in [0.15, 0.2) is 46.5 Å². The Hall–Kier alpha value is -1.30. The maximum absolute atomic E-state index is 11.2. The van der Waals surface area contributed by atoms with Crippen molar-refractivity contribution < 1.29 is 0 Å². The van der Waals surface area contributed by atoms with E-state index in [0.717, 1.165) is 5.56 Å². The van der Waals surface area contributed by atoms with Crippen LogP contribution >= 0.6 is 23.4 Å². The molecule has 1 atom stereocenters. The molecule has 4 nitrogen and oxygen atoms in total. The highest BCUT2D eigenvalue weighted by Gasteiger charge is 2.13. The van der Waals surface area contributed by atoms with E-state index in [0.29, 0.717) is 16.7 Å². The molecule has 0 aliphatic rings. The molecule has 0 bridgehead atoms. The summed E-state index contributed by atoms with van der Waals surface area (Å²) >= 11 is 7.36. The van der Waals surface area contributed by atoms with E-state index in [1.54, 1.807) is 0 Å². The molecule has 0 aliphatic carbocycles. The molecule has 0 radical (unpaired) electrons. The van der Waals surface area contributed by atoms with Crippen LogP contribution in [0.1, 0.15) is 10.8 Å². The predicted octanol–water partition coefficient (Wildman–Crippen LogP) is 2.22. The summed E-state index contributed by atoms with van der Waals surface area (Å²) in [5.41, 5.74) is 6.60. The first-order valence-corrected chi connectivity index (χ1v) is 6.62. The van der Waals surface area contributed by atoms with E-state index in [2.05, 4.69) is 9.97 Å². The third kappa shape index (κ3) is 3.35. The van der Waals surface area contributed by atoms with Crippen molar-refractivity contribution in [2.24, 2.45) is 5.73 Å². The maximum Gasteiger partial charge on any atom is 0.251 e. The summed E-state index contributed by atoms with van der Waals surface area (Å²) in [6.07, 6.45) is 1.48. The van der Waals surface area contributed by atoms with Gasteiger partial charge >= 0.3 is 0 Å². The van der Waals surface area contributed by atoms with Crippen molar-refractivity contribution in [3.8, 4) is 0 Å². The van der Waals surface area contributed by atoms with Gasteiger partial charge < -0.3 is 10.7 Å². The molecule has 0 spiro atoms. The van der Waals surface area contributed by atoms with Gasteiger partial charge in [0.05, 0.1) is 0 Å². The van der Waals surface area contributed by atoms with E-state index >= 15 is 0 Å². The highest BCUT2D eigenvalue weighted by atomic mass is 35.5.